The zero-order valence-corrected chi connectivity index (χ0v) is 14.4. The van der Waals surface area contributed by atoms with Gasteiger partial charge in [-0.05, 0) is 43.4 Å². The summed E-state index contributed by atoms with van der Waals surface area (Å²) < 4.78 is 42.4. The van der Waals surface area contributed by atoms with Gasteiger partial charge < -0.3 is 0 Å². The topological polar surface area (TPSA) is 40.6 Å². The normalized spacial score (nSPS) is 20.3. The van der Waals surface area contributed by atoms with Crippen molar-refractivity contribution in [2.45, 2.75) is 63.6 Å². The molecule has 6 heteroatoms. The number of rotatable bonds is 6. The molecule has 2 saturated carbocycles. The van der Waals surface area contributed by atoms with Crippen molar-refractivity contribution in [3.63, 3.8) is 0 Å². The average Bonchev–Trinajstić information content (AvgIpc) is 3.39. The number of hydrogen-bond donors (Lipinski definition) is 0. The molecule has 0 bridgehead atoms. The minimum atomic E-state index is -3.47. The van der Waals surface area contributed by atoms with Gasteiger partial charge in [-0.25, -0.2) is 4.39 Å². The lowest BCUT2D eigenvalue weighted by Crippen LogP contribution is -2.47. The van der Waals surface area contributed by atoms with Gasteiger partial charge in [0.25, 0.3) is 10.2 Å². The molecule has 0 aliphatic heterocycles. The fourth-order valence-corrected chi connectivity index (χ4v) is 5.15. The van der Waals surface area contributed by atoms with E-state index in [2.05, 4.69) is 0 Å². The van der Waals surface area contributed by atoms with Crippen LogP contribution in [-0.2, 0) is 16.8 Å². The van der Waals surface area contributed by atoms with E-state index in [1.165, 1.54) is 18.6 Å². The number of hydrogen-bond acceptors (Lipinski definition) is 2. The van der Waals surface area contributed by atoms with Gasteiger partial charge in [-0.2, -0.15) is 17.0 Å². The Labute approximate surface area is 138 Å². The summed E-state index contributed by atoms with van der Waals surface area (Å²) in [5.41, 5.74) is 0.832. The van der Waals surface area contributed by atoms with Gasteiger partial charge in [0, 0.05) is 25.7 Å². The standard InChI is InChI=1S/C17H25FN2O2S/c1-19(16-5-3-2-4-6-16)23(21,22)20(17-11-12-17)13-14-7-9-15(18)10-8-14/h7-10,16-17H,2-6,11-13H2,1H3. The fourth-order valence-electron chi connectivity index (χ4n) is 3.33. The summed E-state index contributed by atoms with van der Waals surface area (Å²) in [6.45, 7) is 0.324. The van der Waals surface area contributed by atoms with Crippen molar-refractivity contribution in [3.8, 4) is 0 Å². The maximum absolute atomic E-state index is 13.1. The van der Waals surface area contributed by atoms with Crippen LogP contribution in [0.4, 0.5) is 4.39 Å². The molecule has 0 radical (unpaired) electrons. The van der Waals surface area contributed by atoms with E-state index in [1.807, 2.05) is 0 Å². The van der Waals surface area contributed by atoms with Crippen LogP contribution in [0.3, 0.4) is 0 Å². The van der Waals surface area contributed by atoms with Crippen LogP contribution in [-0.4, -0.2) is 36.2 Å². The van der Waals surface area contributed by atoms with Crippen LogP contribution in [0, 0.1) is 5.82 Å². The van der Waals surface area contributed by atoms with Crippen LogP contribution < -0.4 is 0 Å². The predicted molar refractivity (Wildman–Crippen MR) is 88.5 cm³/mol. The average molecular weight is 340 g/mol. The second-order valence-corrected chi connectivity index (χ2v) is 8.66. The van der Waals surface area contributed by atoms with Crippen molar-refractivity contribution in [2.75, 3.05) is 7.05 Å². The Morgan fingerprint density at radius 3 is 2.17 bits per heavy atom. The molecule has 0 N–H and O–H groups in total. The van der Waals surface area contributed by atoms with Gasteiger partial charge in [0.1, 0.15) is 5.82 Å². The second-order valence-electron chi connectivity index (χ2n) is 6.72. The summed E-state index contributed by atoms with van der Waals surface area (Å²) in [6.07, 6.45) is 7.14. The molecule has 0 spiro atoms. The Hall–Kier alpha value is -0.980. The van der Waals surface area contributed by atoms with E-state index in [4.69, 9.17) is 0 Å². The molecule has 0 aromatic heterocycles. The molecule has 0 saturated heterocycles. The highest BCUT2D eigenvalue weighted by molar-refractivity contribution is 7.86. The quantitative estimate of drug-likeness (QED) is 0.797. The van der Waals surface area contributed by atoms with Crippen molar-refractivity contribution in [1.29, 1.82) is 0 Å². The smallest absolute Gasteiger partial charge is 0.207 e. The molecule has 2 aliphatic rings. The summed E-state index contributed by atoms with van der Waals surface area (Å²) in [7, 11) is -1.76. The van der Waals surface area contributed by atoms with Crippen LogP contribution >= 0.6 is 0 Å². The first-order valence-corrected chi connectivity index (χ1v) is 9.87. The van der Waals surface area contributed by atoms with Gasteiger partial charge in [0.15, 0.2) is 0 Å². The van der Waals surface area contributed by atoms with Crippen LogP contribution in [0.25, 0.3) is 0 Å². The third-order valence-electron chi connectivity index (χ3n) is 4.96. The summed E-state index contributed by atoms with van der Waals surface area (Å²) in [6, 6.07) is 6.32. The lowest BCUT2D eigenvalue weighted by molar-refractivity contribution is 0.258. The molecule has 1 aromatic rings. The Morgan fingerprint density at radius 1 is 1.00 bits per heavy atom. The molecule has 1 aromatic carbocycles. The molecule has 3 rings (SSSR count). The third kappa shape index (κ3) is 3.92. The lowest BCUT2D eigenvalue weighted by atomic mass is 9.96. The second kappa shape index (κ2) is 6.87. The van der Waals surface area contributed by atoms with Gasteiger partial charge >= 0.3 is 0 Å². The first kappa shape index (κ1) is 16.9. The van der Waals surface area contributed by atoms with Crippen LogP contribution in [0.1, 0.15) is 50.5 Å². The van der Waals surface area contributed by atoms with Gasteiger partial charge in [-0.3, -0.25) is 0 Å². The third-order valence-corrected chi connectivity index (χ3v) is 7.00. The van der Waals surface area contributed by atoms with Gasteiger partial charge in [0.05, 0.1) is 0 Å². The Bertz CT molecular complexity index is 622. The number of nitrogens with zero attached hydrogens (tertiary/aromatic N) is 2. The highest BCUT2D eigenvalue weighted by Gasteiger charge is 2.41. The lowest BCUT2D eigenvalue weighted by Gasteiger charge is -2.34. The molecule has 128 valence electrons. The zero-order chi connectivity index (χ0) is 16.4. The summed E-state index contributed by atoms with van der Waals surface area (Å²) >= 11 is 0. The van der Waals surface area contributed by atoms with E-state index in [-0.39, 0.29) is 17.9 Å². The summed E-state index contributed by atoms with van der Waals surface area (Å²) in [5, 5.41) is 0. The number of halogens is 1. The van der Waals surface area contributed by atoms with Crippen LogP contribution in [0.15, 0.2) is 24.3 Å². The van der Waals surface area contributed by atoms with Crippen molar-refractivity contribution < 1.29 is 12.8 Å². The molecule has 0 amide bonds. The molecule has 4 nitrogen and oxygen atoms in total. The molecule has 0 heterocycles. The summed E-state index contributed by atoms with van der Waals surface area (Å²) in [4.78, 5) is 0. The zero-order valence-electron chi connectivity index (χ0n) is 13.6. The maximum Gasteiger partial charge on any atom is 0.282 e. The Morgan fingerprint density at radius 2 is 1.61 bits per heavy atom. The fraction of sp³-hybridized carbons (Fsp3) is 0.647. The minimum absolute atomic E-state index is 0.0936. The van der Waals surface area contributed by atoms with Gasteiger partial charge in [-0.1, -0.05) is 31.4 Å². The largest absolute Gasteiger partial charge is 0.282 e. The molecule has 0 atom stereocenters. The van der Waals surface area contributed by atoms with Crippen LogP contribution in [0.5, 0.6) is 0 Å². The molecular weight excluding hydrogens is 315 g/mol. The Kier molecular flexibility index (Phi) is 5.04. The molecule has 0 unspecified atom stereocenters. The van der Waals surface area contributed by atoms with Crippen molar-refractivity contribution >= 4 is 10.2 Å². The van der Waals surface area contributed by atoms with E-state index in [9.17, 15) is 12.8 Å². The van der Waals surface area contributed by atoms with Crippen LogP contribution in [0.2, 0.25) is 0 Å². The predicted octanol–water partition coefficient (Wildman–Crippen LogP) is 3.30. The SMILES string of the molecule is CN(C1CCCCC1)S(=O)(=O)N(Cc1ccc(F)cc1)C1CC1. The first-order valence-electron chi connectivity index (χ1n) is 8.48. The van der Waals surface area contributed by atoms with E-state index in [0.717, 1.165) is 44.1 Å². The minimum Gasteiger partial charge on any atom is -0.207 e. The highest BCUT2D eigenvalue weighted by atomic mass is 32.2. The molecular formula is C17H25FN2O2S. The first-order chi connectivity index (χ1) is 11.0. The monoisotopic (exact) mass is 340 g/mol. The van der Waals surface area contributed by atoms with E-state index >= 15 is 0 Å². The molecule has 2 fully saturated rings. The van der Waals surface area contributed by atoms with E-state index in [0.29, 0.717) is 6.54 Å². The highest BCUT2D eigenvalue weighted by Crippen LogP contribution is 2.34. The van der Waals surface area contributed by atoms with E-state index < -0.39 is 10.2 Å². The number of benzene rings is 1. The molecule has 23 heavy (non-hydrogen) atoms. The van der Waals surface area contributed by atoms with Gasteiger partial charge in [-0.15, -0.1) is 0 Å². The molecule has 2 aliphatic carbocycles. The summed E-state index contributed by atoms with van der Waals surface area (Å²) in [5.74, 6) is -0.297. The van der Waals surface area contributed by atoms with Crippen molar-refractivity contribution in [3.05, 3.63) is 35.6 Å². The Balaban J connectivity index is 1.77. The van der Waals surface area contributed by atoms with Crippen molar-refractivity contribution in [2.24, 2.45) is 0 Å². The van der Waals surface area contributed by atoms with E-state index in [1.54, 1.807) is 27.8 Å². The maximum atomic E-state index is 13.1. The van der Waals surface area contributed by atoms with Crippen molar-refractivity contribution in [1.82, 2.24) is 8.61 Å². The van der Waals surface area contributed by atoms with Gasteiger partial charge in [0.2, 0.25) is 0 Å².